The lowest BCUT2D eigenvalue weighted by Gasteiger charge is -2.30. The fraction of sp³-hybridized carbons (Fsp3) is 0.407. The van der Waals surface area contributed by atoms with Gasteiger partial charge in [-0.15, -0.1) is 0 Å². The molecule has 2 aromatic rings. The van der Waals surface area contributed by atoms with Gasteiger partial charge in [-0.2, -0.15) is 5.26 Å². The molecule has 0 spiro atoms. The number of amides is 3. The number of ether oxygens (including phenoxy) is 1. The van der Waals surface area contributed by atoms with E-state index in [2.05, 4.69) is 10.6 Å². The molecule has 0 aromatic heterocycles. The number of carbonyl (C=O) groups excluding carboxylic acids is 3. The number of carbonyl (C=O) groups is 3. The van der Waals surface area contributed by atoms with Gasteiger partial charge in [-0.3, -0.25) is 9.59 Å². The van der Waals surface area contributed by atoms with Crippen LogP contribution in [0.5, 0.6) is 0 Å². The van der Waals surface area contributed by atoms with Crippen LogP contribution in [0.15, 0.2) is 36.4 Å². The first-order valence-electron chi connectivity index (χ1n) is 11.4. The van der Waals surface area contributed by atoms with E-state index < -0.39 is 36.1 Å². The van der Waals surface area contributed by atoms with Crippen molar-refractivity contribution in [1.82, 2.24) is 10.2 Å². The molecule has 1 atom stereocenters. The highest BCUT2D eigenvalue weighted by Gasteiger charge is 2.32. The summed E-state index contributed by atoms with van der Waals surface area (Å²) >= 11 is 0. The maximum atomic E-state index is 13.7. The number of nitrogens with one attached hydrogen (secondary N) is 2. The van der Waals surface area contributed by atoms with Gasteiger partial charge in [-0.1, -0.05) is 47.5 Å². The summed E-state index contributed by atoms with van der Waals surface area (Å²) in [7, 11) is 0. The van der Waals surface area contributed by atoms with E-state index in [0.29, 0.717) is 11.3 Å². The van der Waals surface area contributed by atoms with Crippen molar-refractivity contribution in [1.29, 1.82) is 5.26 Å². The van der Waals surface area contributed by atoms with Crippen molar-refractivity contribution >= 4 is 23.6 Å². The molecule has 8 heteroatoms. The summed E-state index contributed by atoms with van der Waals surface area (Å²) in [6, 6.07) is 12.2. The molecule has 0 bridgehead atoms. The number of alkyl carbamates (subject to hydrolysis) is 1. The van der Waals surface area contributed by atoms with Crippen LogP contribution in [-0.4, -0.2) is 41.5 Å². The van der Waals surface area contributed by atoms with Crippen molar-refractivity contribution in [3.05, 3.63) is 64.2 Å². The molecular formula is C27H34N4O4. The van der Waals surface area contributed by atoms with E-state index in [1.165, 1.54) is 4.90 Å². The minimum atomic E-state index is -1.08. The second-order valence-electron chi connectivity index (χ2n) is 9.61. The molecule has 35 heavy (non-hydrogen) atoms. The second kappa shape index (κ2) is 11.5. The summed E-state index contributed by atoms with van der Waals surface area (Å²) in [4.78, 5) is 40.1. The number of aryl methyl sites for hydroxylation is 4. The van der Waals surface area contributed by atoms with Crippen molar-refractivity contribution in [2.24, 2.45) is 0 Å². The molecule has 2 N–H and O–H groups in total. The number of para-hydroxylation sites is 1. The number of hydrogen-bond donors (Lipinski definition) is 2. The fourth-order valence-electron chi connectivity index (χ4n) is 3.81. The van der Waals surface area contributed by atoms with Crippen LogP contribution in [0.2, 0.25) is 0 Å². The summed E-state index contributed by atoms with van der Waals surface area (Å²) in [5, 5.41) is 14.9. The Hall–Kier alpha value is -3.86. The topological polar surface area (TPSA) is 112 Å². The summed E-state index contributed by atoms with van der Waals surface area (Å²) in [5.41, 5.74) is 4.09. The maximum absolute atomic E-state index is 13.7. The molecule has 0 aliphatic heterocycles. The number of benzene rings is 2. The summed E-state index contributed by atoms with van der Waals surface area (Å²) < 4.78 is 5.19. The first-order valence-corrected chi connectivity index (χ1v) is 11.4. The highest BCUT2D eigenvalue weighted by Crippen LogP contribution is 2.27. The predicted octanol–water partition coefficient (Wildman–Crippen LogP) is 4.48. The first kappa shape index (κ1) is 27.4. The SMILES string of the molecule is Cc1cc(C)cc(C(C(=O)Nc2c(C)cccc2C)N(CC#N)C(=O)CNC(=O)OC(C)(C)C)c1. The highest BCUT2D eigenvalue weighted by molar-refractivity contribution is 5.99. The van der Waals surface area contributed by atoms with Gasteiger partial charge in [0.15, 0.2) is 0 Å². The molecule has 0 fully saturated rings. The lowest BCUT2D eigenvalue weighted by Crippen LogP contribution is -2.46. The standard InChI is InChI=1S/C27H34N4O4/c1-17-13-18(2)15-21(14-17)24(25(33)30-23-19(3)9-8-10-20(23)4)31(12-11-28)22(32)16-29-26(34)35-27(5,6)7/h8-10,13-15,24H,12,16H2,1-7H3,(H,29,34)(H,30,33). The lowest BCUT2D eigenvalue weighted by molar-refractivity contribution is -0.137. The average molecular weight is 479 g/mol. The van der Waals surface area contributed by atoms with Gasteiger partial charge in [0, 0.05) is 5.69 Å². The van der Waals surface area contributed by atoms with E-state index in [4.69, 9.17) is 4.74 Å². The van der Waals surface area contributed by atoms with Gasteiger partial charge in [-0.05, 0) is 65.2 Å². The van der Waals surface area contributed by atoms with Crippen LogP contribution in [0, 0.1) is 39.0 Å². The Morgan fingerprint density at radius 1 is 1.03 bits per heavy atom. The Morgan fingerprint density at radius 3 is 2.11 bits per heavy atom. The molecule has 2 rings (SSSR count). The van der Waals surface area contributed by atoms with E-state index in [1.54, 1.807) is 20.8 Å². The first-order chi connectivity index (χ1) is 16.3. The largest absolute Gasteiger partial charge is 0.444 e. The molecule has 1 unspecified atom stereocenters. The van der Waals surface area contributed by atoms with Crippen molar-refractivity contribution in [2.45, 2.75) is 60.1 Å². The number of nitriles is 1. The van der Waals surface area contributed by atoms with Crippen molar-refractivity contribution in [3.63, 3.8) is 0 Å². The maximum Gasteiger partial charge on any atom is 0.408 e. The summed E-state index contributed by atoms with van der Waals surface area (Å²) in [5.74, 6) is -1.04. The molecule has 0 saturated carbocycles. The Bertz CT molecular complexity index is 1100. The number of hydrogen-bond acceptors (Lipinski definition) is 5. The molecule has 0 heterocycles. The number of nitrogens with zero attached hydrogens (tertiary/aromatic N) is 2. The third kappa shape index (κ3) is 7.85. The lowest BCUT2D eigenvalue weighted by atomic mass is 9.98. The molecule has 0 aliphatic rings. The quantitative estimate of drug-likeness (QED) is 0.570. The van der Waals surface area contributed by atoms with E-state index in [-0.39, 0.29) is 6.54 Å². The molecule has 186 valence electrons. The van der Waals surface area contributed by atoms with Gasteiger partial charge in [0.05, 0.1) is 6.07 Å². The Kier molecular flexibility index (Phi) is 9.01. The smallest absolute Gasteiger partial charge is 0.408 e. The van der Waals surface area contributed by atoms with Crippen LogP contribution in [0.4, 0.5) is 10.5 Å². The van der Waals surface area contributed by atoms with Crippen LogP contribution in [0.1, 0.15) is 54.6 Å². The minimum absolute atomic E-state index is 0.341. The highest BCUT2D eigenvalue weighted by atomic mass is 16.6. The van der Waals surface area contributed by atoms with Gasteiger partial charge in [-0.25, -0.2) is 4.79 Å². The Morgan fingerprint density at radius 2 is 1.60 bits per heavy atom. The summed E-state index contributed by atoms with van der Waals surface area (Å²) in [6.45, 7) is 11.9. The number of rotatable bonds is 7. The minimum Gasteiger partial charge on any atom is -0.444 e. The molecule has 0 aliphatic carbocycles. The molecule has 8 nitrogen and oxygen atoms in total. The van der Waals surface area contributed by atoms with Crippen LogP contribution < -0.4 is 10.6 Å². The zero-order valence-corrected chi connectivity index (χ0v) is 21.5. The molecule has 0 radical (unpaired) electrons. The van der Waals surface area contributed by atoms with Crippen molar-refractivity contribution in [3.8, 4) is 6.07 Å². The van der Waals surface area contributed by atoms with E-state index in [1.807, 2.05) is 70.2 Å². The second-order valence-corrected chi connectivity index (χ2v) is 9.61. The molecule has 2 aromatic carbocycles. The van der Waals surface area contributed by atoms with Gasteiger partial charge >= 0.3 is 6.09 Å². The fourth-order valence-corrected chi connectivity index (χ4v) is 3.81. The Labute approximate surface area is 207 Å². The van der Waals surface area contributed by atoms with Gasteiger partial charge in [0.1, 0.15) is 24.7 Å². The van der Waals surface area contributed by atoms with E-state index in [9.17, 15) is 19.6 Å². The zero-order valence-electron chi connectivity index (χ0n) is 21.5. The third-order valence-electron chi connectivity index (χ3n) is 5.19. The van der Waals surface area contributed by atoms with Gasteiger partial charge in [0.25, 0.3) is 5.91 Å². The van der Waals surface area contributed by atoms with Gasteiger partial charge in [0.2, 0.25) is 5.91 Å². The van der Waals surface area contributed by atoms with Crippen LogP contribution in [-0.2, 0) is 14.3 Å². The third-order valence-corrected chi connectivity index (χ3v) is 5.19. The molecular weight excluding hydrogens is 444 g/mol. The van der Waals surface area contributed by atoms with Crippen molar-refractivity contribution < 1.29 is 19.1 Å². The molecule has 0 saturated heterocycles. The zero-order chi connectivity index (χ0) is 26.3. The molecule has 3 amide bonds. The summed E-state index contributed by atoms with van der Waals surface area (Å²) in [6.07, 6.45) is -0.759. The van der Waals surface area contributed by atoms with E-state index in [0.717, 1.165) is 22.3 Å². The van der Waals surface area contributed by atoms with Crippen LogP contribution >= 0.6 is 0 Å². The normalized spacial score (nSPS) is 11.7. The number of anilines is 1. The van der Waals surface area contributed by atoms with Gasteiger partial charge < -0.3 is 20.3 Å². The predicted molar refractivity (Wildman–Crippen MR) is 135 cm³/mol. The van der Waals surface area contributed by atoms with E-state index >= 15 is 0 Å². The average Bonchev–Trinajstić information content (AvgIpc) is 2.72. The Balaban J connectivity index is 2.43. The van der Waals surface area contributed by atoms with Crippen LogP contribution in [0.25, 0.3) is 0 Å². The van der Waals surface area contributed by atoms with Crippen molar-refractivity contribution in [2.75, 3.05) is 18.4 Å². The van der Waals surface area contributed by atoms with Crippen LogP contribution in [0.3, 0.4) is 0 Å². The monoisotopic (exact) mass is 478 g/mol.